The molecule has 0 fully saturated rings. The van der Waals surface area contributed by atoms with Crippen LogP contribution in [0.5, 0.6) is 0 Å². The van der Waals surface area contributed by atoms with Crippen molar-refractivity contribution in [1.29, 1.82) is 5.26 Å². The molecule has 3 N–H and O–H groups in total. The molecule has 70 valence electrons. The Balaban J connectivity index is 0. The summed E-state index contributed by atoms with van der Waals surface area (Å²) in [4.78, 5) is 22.7. The van der Waals surface area contributed by atoms with Gasteiger partial charge in [0.15, 0.2) is 0 Å². The minimum Gasteiger partial charge on any atom is -0.325 e. The molecule has 0 saturated heterocycles. The summed E-state index contributed by atoms with van der Waals surface area (Å²) in [5.41, 5.74) is 0. The average molecular weight is 209 g/mol. The molecule has 0 aromatic rings. The van der Waals surface area contributed by atoms with Crippen molar-refractivity contribution >= 4 is 18.5 Å². The molecule has 0 radical (unpaired) electrons. The van der Waals surface area contributed by atoms with Gasteiger partial charge in [0.05, 0.1) is 6.07 Å². The topological polar surface area (TPSA) is 84.5 Å². The maximum Gasteiger partial charge on any atom is 0.319 e. The average Bonchev–Trinajstić information content (AvgIpc) is 1.85. The molecule has 0 unspecified atom stereocenters. The summed E-state index contributed by atoms with van der Waals surface area (Å²) in [7, 11) is 0. The van der Waals surface area contributed by atoms with E-state index in [1.807, 2.05) is 6.08 Å². The quantitative estimate of drug-likeness (QED) is 0.367. The highest BCUT2D eigenvalue weighted by atomic mass is 32.5. The fourth-order valence-electron chi connectivity index (χ4n) is 0.325. The molecule has 12 heavy (non-hydrogen) atoms. The lowest BCUT2D eigenvalue weighted by molar-refractivity contribution is 0.363. The summed E-state index contributed by atoms with van der Waals surface area (Å²) in [6.45, 7) is -0.282. The number of nitrogens with zero attached hydrogens (tertiary/aromatic N) is 1. The third-order valence-corrected chi connectivity index (χ3v) is 0.697. The Kier molecular flexibility index (Phi) is 10.5. The van der Waals surface area contributed by atoms with E-state index in [1.54, 1.807) is 0 Å². The van der Waals surface area contributed by atoms with Gasteiger partial charge >= 0.3 is 6.72 Å². The smallest absolute Gasteiger partial charge is 0.319 e. The fraction of sp³-hybridized carbons (Fsp3) is 0.500. The number of hydrogen-bond acceptors (Lipinski definition) is 2. The first kappa shape index (κ1) is 14.3. The van der Waals surface area contributed by atoms with Crippen LogP contribution in [-0.2, 0) is 11.8 Å². The number of unbranched alkanes of at least 4 members (excludes halogenated alkanes) is 2. The van der Waals surface area contributed by atoms with Crippen LogP contribution in [0.15, 0.2) is 12.7 Å². The third-order valence-electron chi connectivity index (χ3n) is 0.697. The van der Waals surface area contributed by atoms with Crippen molar-refractivity contribution in [3.05, 3.63) is 12.7 Å². The first-order valence-electron chi connectivity index (χ1n) is 3.18. The number of nitriles is 1. The summed E-state index contributed by atoms with van der Waals surface area (Å²) in [6.07, 6.45) is 4.41. The standard InChI is InChI=1S/C6H9N.H3O3PS/c1-2-3-4-5-6-7;1-4(2,3)5/h2H,1,3-5H2;(H3,1,2,3,5). The molecule has 0 rings (SSSR count). The van der Waals surface area contributed by atoms with Gasteiger partial charge in [-0.05, 0) is 24.6 Å². The molecule has 0 aliphatic rings. The van der Waals surface area contributed by atoms with Crippen molar-refractivity contribution in [2.24, 2.45) is 0 Å². The fourth-order valence-corrected chi connectivity index (χ4v) is 0.325. The maximum atomic E-state index is 8.01. The van der Waals surface area contributed by atoms with E-state index in [9.17, 15) is 0 Å². The molecular weight excluding hydrogens is 197 g/mol. The van der Waals surface area contributed by atoms with Gasteiger partial charge in [-0.25, -0.2) is 0 Å². The van der Waals surface area contributed by atoms with Crippen molar-refractivity contribution < 1.29 is 14.7 Å². The van der Waals surface area contributed by atoms with E-state index in [1.165, 1.54) is 0 Å². The molecule has 0 heterocycles. The molecule has 0 aliphatic carbocycles. The van der Waals surface area contributed by atoms with Crippen molar-refractivity contribution in [1.82, 2.24) is 0 Å². The zero-order valence-electron chi connectivity index (χ0n) is 6.55. The first-order chi connectivity index (χ1) is 5.41. The number of rotatable bonds is 3. The first-order valence-corrected chi connectivity index (χ1v) is 5.84. The third kappa shape index (κ3) is 53.0. The van der Waals surface area contributed by atoms with Crippen molar-refractivity contribution in [3.8, 4) is 6.07 Å². The molecular formula is C6H12NO3PS. The van der Waals surface area contributed by atoms with Gasteiger partial charge in [0.1, 0.15) is 0 Å². The Morgan fingerprint density at radius 3 is 2.17 bits per heavy atom. The summed E-state index contributed by atoms with van der Waals surface area (Å²) < 4.78 is 0. The van der Waals surface area contributed by atoms with Crippen LogP contribution in [0.4, 0.5) is 0 Å². The summed E-state index contributed by atoms with van der Waals surface area (Å²) in [6, 6.07) is 2.05. The van der Waals surface area contributed by atoms with Crippen LogP contribution >= 0.6 is 6.72 Å². The molecule has 0 aromatic heterocycles. The highest BCUT2D eigenvalue weighted by Crippen LogP contribution is 2.26. The Bertz CT molecular complexity index is 187. The van der Waals surface area contributed by atoms with E-state index in [0.717, 1.165) is 12.8 Å². The largest absolute Gasteiger partial charge is 0.325 e. The van der Waals surface area contributed by atoms with Gasteiger partial charge in [-0.1, -0.05) is 6.08 Å². The molecule has 4 nitrogen and oxygen atoms in total. The number of allylic oxidation sites excluding steroid dienone is 1. The van der Waals surface area contributed by atoms with Crippen LogP contribution in [0.3, 0.4) is 0 Å². The van der Waals surface area contributed by atoms with Crippen LogP contribution < -0.4 is 0 Å². The molecule has 0 atom stereocenters. The van der Waals surface area contributed by atoms with E-state index in [-0.39, 0.29) is 0 Å². The van der Waals surface area contributed by atoms with E-state index in [0.29, 0.717) is 6.42 Å². The highest BCUT2D eigenvalue weighted by molar-refractivity contribution is 8.06. The van der Waals surface area contributed by atoms with Gasteiger partial charge in [-0.3, -0.25) is 0 Å². The molecule has 6 heteroatoms. The normalized spacial score (nSPS) is 9.17. The van der Waals surface area contributed by atoms with Crippen molar-refractivity contribution in [3.63, 3.8) is 0 Å². The molecule has 0 aliphatic heterocycles. The monoisotopic (exact) mass is 209 g/mol. The Hall–Kier alpha value is -0.240. The van der Waals surface area contributed by atoms with Gasteiger partial charge in [0, 0.05) is 6.42 Å². The second-order valence-electron chi connectivity index (χ2n) is 1.85. The van der Waals surface area contributed by atoms with Crippen LogP contribution in [-0.4, -0.2) is 14.7 Å². The Morgan fingerprint density at radius 2 is 1.92 bits per heavy atom. The Labute approximate surface area is 77.0 Å². The van der Waals surface area contributed by atoms with Gasteiger partial charge in [-0.2, -0.15) is 5.26 Å². The summed E-state index contributed by atoms with van der Waals surface area (Å²) in [5, 5.41) is 8.01. The van der Waals surface area contributed by atoms with Crippen LogP contribution in [0, 0.1) is 11.3 Å². The second-order valence-corrected chi connectivity index (χ2v) is 4.35. The summed E-state index contributed by atoms with van der Waals surface area (Å²) >= 11 is 3.60. The SMILES string of the molecule is C=CCCCC#N.OP(O)(O)=S. The van der Waals surface area contributed by atoms with E-state index in [4.69, 9.17) is 19.9 Å². The zero-order valence-corrected chi connectivity index (χ0v) is 8.26. The van der Waals surface area contributed by atoms with Crippen molar-refractivity contribution in [2.45, 2.75) is 19.3 Å². The van der Waals surface area contributed by atoms with Crippen LogP contribution in [0.2, 0.25) is 0 Å². The lowest BCUT2D eigenvalue weighted by Gasteiger charge is -1.88. The lowest BCUT2D eigenvalue weighted by Crippen LogP contribution is -1.65. The van der Waals surface area contributed by atoms with Crippen LogP contribution in [0.25, 0.3) is 0 Å². The Morgan fingerprint density at radius 1 is 1.50 bits per heavy atom. The predicted octanol–water partition coefficient (Wildman–Crippen LogP) is 1.05. The van der Waals surface area contributed by atoms with Gasteiger partial charge in [0.2, 0.25) is 0 Å². The second kappa shape index (κ2) is 8.85. The number of hydrogen-bond donors (Lipinski definition) is 3. The van der Waals surface area contributed by atoms with E-state index in [2.05, 4.69) is 24.5 Å². The summed E-state index contributed by atoms with van der Waals surface area (Å²) in [5.74, 6) is 0. The minimum absolute atomic E-state index is 0.659. The highest BCUT2D eigenvalue weighted by Gasteiger charge is 1.92. The van der Waals surface area contributed by atoms with E-state index >= 15 is 0 Å². The van der Waals surface area contributed by atoms with Gasteiger partial charge in [0.25, 0.3) is 0 Å². The van der Waals surface area contributed by atoms with Gasteiger partial charge in [-0.15, -0.1) is 6.58 Å². The molecule has 0 spiro atoms. The van der Waals surface area contributed by atoms with Crippen LogP contribution in [0.1, 0.15) is 19.3 Å². The van der Waals surface area contributed by atoms with Crippen molar-refractivity contribution in [2.75, 3.05) is 0 Å². The lowest BCUT2D eigenvalue weighted by atomic mass is 10.2. The van der Waals surface area contributed by atoms with Gasteiger partial charge < -0.3 is 14.7 Å². The predicted molar refractivity (Wildman–Crippen MR) is 50.6 cm³/mol. The maximum absolute atomic E-state index is 8.01. The molecule has 0 bridgehead atoms. The molecule has 0 aromatic carbocycles. The minimum atomic E-state index is -3.81. The van der Waals surface area contributed by atoms with E-state index < -0.39 is 6.72 Å². The molecule has 0 saturated carbocycles. The zero-order chi connectivity index (χ0) is 10.0. The molecule has 0 amide bonds.